The van der Waals surface area contributed by atoms with Gasteiger partial charge in [0.05, 0.1) is 6.54 Å². The number of primary amides is 1. The molecule has 0 aromatic heterocycles. The molecule has 0 heterocycles. The molecule has 0 radical (unpaired) electrons. The largest absolute Gasteiger partial charge is 0.369 e. The van der Waals surface area contributed by atoms with Crippen molar-refractivity contribution >= 4 is 29.5 Å². The van der Waals surface area contributed by atoms with Crippen LogP contribution in [-0.2, 0) is 11.3 Å². The first-order valence-electron chi connectivity index (χ1n) is 6.67. The van der Waals surface area contributed by atoms with Gasteiger partial charge in [0, 0.05) is 11.6 Å². The van der Waals surface area contributed by atoms with Crippen LogP contribution in [0.15, 0.2) is 29.2 Å². The number of nitrogens with two attached hydrogens (primary N) is 1. The van der Waals surface area contributed by atoms with Crippen molar-refractivity contribution < 1.29 is 26.7 Å². The molecule has 25 heavy (non-hydrogen) atoms. The van der Waals surface area contributed by atoms with E-state index in [0.29, 0.717) is 10.6 Å². The topological polar surface area (TPSA) is 46.3 Å². The van der Waals surface area contributed by atoms with Crippen LogP contribution in [0.4, 0.5) is 22.0 Å². The third-order valence-corrected chi connectivity index (χ3v) is 4.30. The zero-order valence-corrected chi connectivity index (χ0v) is 13.9. The molecule has 0 atom stereocenters. The standard InChI is InChI=1S/C15H10ClF5N2OS/c16-8-3-1-7(2-4-8)5-23(6-9(22)24)25-15-13(20)11(18)10(17)12(19)14(15)21/h1-4H,5-6H2,(H2,22,24). The summed E-state index contributed by atoms with van der Waals surface area (Å²) in [5.74, 6) is -11.2. The monoisotopic (exact) mass is 396 g/mol. The Labute approximate surface area is 148 Å². The van der Waals surface area contributed by atoms with Gasteiger partial charge in [-0.05, 0) is 29.6 Å². The maximum absolute atomic E-state index is 13.8. The Bertz CT molecular complexity index is 774. The minimum absolute atomic E-state index is 0.0513. The van der Waals surface area contributed by atoms with Crippen LogP contribution in [0.3, 0.4) is 0 Å². The van der Waals surface area contributed by atoms with Gasteiger partial charge in [0.2, 0.25) is 11.7 Å². The van der Waals surface area contributed by atoms with Gasteiger partial charge in [0.15, 0.2) is 23.3 Å². The molecular formula is C15H10ClF5N2OS. The van der Waals surface area contributed by atoms with Crippen molar-refractivity contribution in [3.8, 4) is 0 Å². The lowest BCUT2D eigenvalue weighted by molar-refractivity contribution is -0.118. The minimum atomic E-state index is -2.25. The lowest BCUT2D eigenvalue weighted by atomic mass is 10.2. The van der Waals surface area contributed by atoms with Gasteiger partial charge in [-0.15, -0.1) is 0 Å². The fourth-order valence-electron chi connectivity index (χ4n) is 1.88. The first-order valence-corrected chi connectivity index (χ1v) is 7.83. The molecule has 0 spiro atoms. The summed E-state index contributed by atoms with van der Waals surface area (Å²) in [7, 11) is 0. The molecule has 0 aliphatic rings. The van der Waals surface area contributed by atoms with Crippen LogP contribution in [0.25, 0.3) is 0 Å². The van der Waals surface area contributed by atoms with E-state index in [1.807, 2.05) is 0 Å². The van der Waals surface area contributed by atoms with Gasteiger partial charge in [-0.2, -0.15) is 0 Å². The van der Waals surface area contributed by atoms with Crippen LogP contribution in [0.2, 0.25) is 5.02 Å². The van der Waals surface area contributed by atoms with Crippen LogP contribution < -0.4 is 5.73 Å². The number of halogens is 6. The Balaban J connectivity index is 2.34. The summed E-state index contributed by atoms with van der Waals surface area (Å²) in [6.45, 7) is -0.531. The van der Waals surface area contributed by atoms with E-state index >= 15 is 0 Å². The van der Waals surface area contributed by atoms with E-state index in [0.717, 1.165) is 4.31 Å². The van der Waals surface area contributed by atoms with Crippen molar-refractivity contribution in [1.82, 2.24) is 4.31 Å². The zero-order chi connectivity index (χ0) is 18.7. The van der Waals surface area contributed by atoms with E-state index in [1.165, 1.54) is 0 Å². The molecular weight excluding hydrogens is 387 g/mol. The van der Waals surface area contributed by atoms with Gasteiger partial charge >= 0.3 is 0 Å². The molecule has 2 N–H and O–H groups in total. The average molecular weight is 397 g/mol. The van der Waals surface area contributed by atoms with Gasteiger partial charge in [-0.1, -0.05) is 23.7 Å². The molecule has 0 aliphatic carbocycles. The fourth-order valence-corrected chi connectivity index (χ4v) is 3.01. The number of rotatable bonds is 6. The average Bonchev–Trinajstić information content (AvgIpc) is 2.56. The lowest BCUT2D eigenvalue weighted by Crippen LogP contribution is -2.29. The molecule has 134 valence electrons. The van der Waals surface area contributed by atoms with E-state index in [9.17, 15) is 26.7 Å². The summed E-state index contributed by atoms with van der Waals surface area (Å²) in [6, 6.07) is 6.25. The Hall–Kier alpha value is -1.84. The molecule has 2 aromatic carbocycles. The highest BCUT2D eigenvalue weighted by molar-refractivity contribution is 7.97. The number of amides is 1. The second-order valence-corrected chi connectivity index (χ2v) is 6.42. The molecule has 0 saturated carbocycles. The summed E-state index contributed by atoms with van der Waals surface area (Å²) in [6.07, 6.45) is 0. The Kier molecular flexibility index (Phi) is 6.26. The highest BCUT2D eigenvalue weighted by atomic mass is 35.5. The van der Waals surface area contributed by atoms with E-state index in [1.54, 1.807) is 24.3 Å². The second-order valence-electron chi connectivity index (χ2n) is 4.88. The van der Waals surface area contributed by atoms with E-state index in [2.05, 4.69) is 0 Å². The first kappa shape index (κ1) is 19.5. The number of benzene rings is 2. The number of hydrogen-bond donors (Lipinski definition) is 1. The number of hydrogen-bond acceptors (Lipinski definition) is 3. The fraction of sp³-hybridized carbons (Fsp3) is 0.133. The van der Waals surface area contributed by atoms with Crippen molar-refractivity contribution in [2.24, 2.45) is 5.73 Å². The van der Waals surface area contributed by atoms with Crippen molar-refractivity contribution in [3.05, 3.63) is 63.9 Å². The Morgan fingerprint density at radius 3 is 1.92 bits per heavy atom. The highest BCUT2D eigenvalue weighted by Crippen LogP contribution is 2.33. The van der Waals surface area contributed by atoms with Crippen molar-refractivity contribution in [3.63, 3.8) is 0 Å². The maximum Gasteiger partial charge on any atom is 0.232 e. The number of carbonyl (C=O) groups excluding carboxylic acids is 1. The predicted molar refractivity (Wildman–Crippen MR) is 83.1 cm³/mol. The number of carbonyl (C=O) groups is 1. The van der Waals surface area contributed by atoms with Gasteiger partial charge in [0.25, 0.3) is 0 Å². The normalized spacial score (nSPS) is 11.2. The molecule has 0 unspecified atom stereocenters. The van der Waals surface area contributed by atoms with Gasteiger partial charge in [-0.3, -0.25) is 4.79 Å². The van der Waals surface area contributed by atoms with E-state index in [-0.39, 0.29) is 18.5 Å². The molecule has 0 bridgehead atoms. The third-order valence-electron chi connectivity index (χ3n) is 2.99. The summed E-state index contributed by atoms with van der Waals surface area (Å²) in [5.41, 5.74) is 5.66. The van der Waals surface area contributed by atoms with Crippen LogP contribution in [0.5, 0.6) is 0 Å². The quantitative estimate of drug-likeness (QED) is 0.347. The molecule has 0 saturated heterocycles. The summed E-state index contributed by atoms with van der Waals surface area (Å²) >= 11 is 5.95. The maximum atomic E-state index is 13.8. The SMILES string of the molecule is NC(=O)CN(Cc1ccc(Cl)cc1)Sc1c(F)c(F)c(F)c(F)c1F. The van der Waals surface area contributed by atoms with Crippen molar-refractivity contribution in [2.45, 2.75) is 11.4 Å². The van der Waals surface area contributed by atoms with Gasteiger partial charge in [-0.25, -0.2) is 26.3 Å². The Morgan fingerprint density at radius 1 is 0.960 bits per heavy atom. The van der Waals surface area contributed by atoms with Crippen LogP contribution in [0, 0.1) is 29.1 Å². The van der Waals surface area contributed by atoms with Gasteiger partial charge in [0.1, 0.15) is 4.90 Å². The molecule has 2 aromatic rings. The van der Waals surface area contributed by atoms with Crippen LogP contribution >= 0.6 is 23.5 Å². The predicted octanol–water partition coefficient (Wildman–Crippen LogP) is 4.03. The molecule has 0 fully saturated rings. The Morgan fingerprint density at radius 2 is 1.44 bits per heavy atom. The van der Waals surface area contributed by atoms with E-state index in [4.69, 9.17) is 17.3 Å². The third kappa shape index (κ3) is 4.62. The second kappa shape index (κ2) is 8.03. The summed E-state index contributed by atoms with van der Waals surface area (Å²) < 4.78 is 68.3. The molecule has 10 heteroatoms. The number of nitrogens with zero attached hydrogens (tertiary/aromatic N) is 1. The molecule has 2 rings (SSSR count). The summed E-state index contributed by atoms with van der Waals surface area (Å²) in [4.78, 5) is 10.0. The van der Waals surface area contributed by atoms with Gasteiger partial charge < -0.3 is 5.73 Å². The molecule has 3 nitrogen and oxygen atoms in total. The molecule has 0 aliphatic heterocycles. The smallest absolute Gasteiger partial charge is 0.232 e. The van der Waals surface area contributed by atoms with E-state index < -0.39 is 46.4 Å². The summed E-state index contributed by atoms with van der Waals surface area (Å²) in [5, 5.41) is 0.442. The van der Waals surface area contributed by atoms with Crippen molar-refractivity contribution in [2.75, 3.05) is 6.54 Å². The zero-order valence-electron chi connectivity index (χ0n) is 12.3. The minimum Gasteiger partial charge on any atom is -0.369 e. The lowest BCUT2D eigenvalue weighted by Gasteiger charge is -2.20. The van der Waals surface area contributed by atoms with Crippen molar-refractivity contribution in [1.29, 1.82) is 0 Å². The highest BCUT2D eigenvalue weighted by Gasteiger charge is 2.28. The first-order chi connectivity index (χ1) is 11.7. The molecule has 1 amide bonds. The van der Waals surface area contributed by atoms with Crippen LogP contribution in [0.1, 0.15) is 5.56 Å². The van der Waals surface area contributed by atoms with Crippen LogP contribution in [-0.4, -0.2) is 16.8 Å².